The molecule has 152 valence electrons. The molecule has 2 unspecified atom stereocenters. The number of amides is 1. The summed E-state index contributed by atoms with van der Waals surface area (Å²) >= 11 is 0. The number of hydrogen-bond donors (Lipinski definition) is 1. The Kier molecular flexibility index (Phi) is 7.68. The number of hydrogen-bond acceptors (Lipinski definition) is 4. The Morgan fingerprint density at radius 2 is 1.93 bits per heavy atom. The molecule has 0 aromatic heterocycles. The Morgan fingerprint density at radius 1 is 1.26 bits per heavy atom. The predicted molar refractivity (Wildman–Crippen MR) is 101 cm³/mol. The van der Waals surface area contributed by atoms with Gasteiger partial charge in [0.2, 0.25) is 5.91 Å². The van der Waals surface area contributed by atoms with Gasteiger partial charge in [0.1, 0.15) is 0 Å². The molecule has 2 aliphatic heterocycles. The summed E-state index contributed by atoms with van der Waals surface area (Å²) in [5.74, 6) is 0.740. The van der Waals surface area contributed by atoms with Crippen molar-refractivity contribution < 1.29 is 23.0 Å². The first-order valence-electron chi connectivity index (χ1n) is 9.06. The molecule has 2 atom stereocenters. The molecular formula is C19H27ClF2N2O3. The molecule has 5 nitrogen and oxygen atoms in total. The number of nitrogens with one attached hydrogen (secondary N) is 1. The van der Waals surface area contributed by atoms with E-state index in [9.17, 15) is 13.6 Å². The normalized spacial score (nSPS) is 23.7. The van der Waals surface area contributed by atoms with E-state index in [0.29, 0.717) is 31.0 Å². The van der Waals surface area contributed by atoms with Gasteiger partial charge >= 0.3 is 6.61 Å². The Morgan fingerprint density at radius 3 is 2.52 bits per heavy atom. The Labute approximate surface area is 164 Å². The summed E-state index contributed by atoms with van der Waals surface area (Å²) in [6.45, 7) is -2.57. The van der Waals surface area contributed by atoms with Crippen molar-refractivity contribution in [2.24, 2.45) is 5.92 Å². The van der Waals surface area contributed by atoms with Crippen molar-refractivity contribution >= 4 is 18.3 Å². The molecular weight excluding hydrogens is 378 g/mol. The average molecular weight is 405 g/mol. The second kappa shape index (κ2) is 9.55. The summed E-state index contributed by atoms with van der Waals surface area (Å²) < 4.78 is 34.6. The van der Waals surface area contributed by atoms with Gasteiger partial charge in [0.15, 0.2) is 11.5 Å². The first-order valence-corrected chi connectivity index (χ1v) is 9.06. The van der Waals surface area contributed by atoms with Crippen molar-refractivity contribution in [3.05, 3.63) is 23.8 Å². The van der Waals surface area contributed by atoms with Crippen molar-refractivity contribution in [1.82, 2.24) is 10.2 Å². The molecule has 1 amide bonds. The van der Waals surface area contributed by atoms with Gasteiger partial charge in [0, 0.05) is 32.1 Å². The van der Waals surface area contributed by atoms with Gasteiger partial charge in [-0.25, -0.2) is 0 Å². The van der Waals surface area contributed by atoms with E-state index >= 15 is 0 Å². The van der Waals surface area contributed by atoms with Gasteiger partial charge in [-0.15, -0.1) is 12.4 Å². The molecule has 0 spiro atoms. The number of nitrogens with zero attached hydrogens (tertiary/aromatic N) is 1. The lowest BCUT2D eigenvalue weighted by Gasteiger charge is -2.30. The maximum atomic E-state index is 12.6. The molecule has 0 saturated carbocycles. The SMILES string of the molecule is COc1ccc(CN(C)C(=O)CC2CC3CCC(C2)N3)cc1OC(F)F.Cl. The van der Waals surface area contributed by atoms with Crippen LogP contribution in [0.15, 0.2) is 18.2 Å². The average Bonchev–Trinajstić information content (AvgIpc) is 2.93. The Balaban J connectivity index is 0.00000261. The van der Waals surface area contributed by atoms with Crippen molar-refractivity contribution in [1.29, 1.82) is 0 Å². The number of benzene rings is 1. The minimum Gasteiger partial charge on any atom is -0.493 e. The van der Waals surface area contributed by atoms with Crippen LogP contribution in [0.1, 0.15) is 37.7 Å². The van der Waals surface area contributed by atoms with Gasteiger partial charge in [0.05, 0.1) is 7.11 Å². The summed E-state index contributed by atoms with van der Waals surface area (Å²) in [7, 11) is 3.14. The van der Waals surface area contributed by atoms with Crippen molar-refractivity contribution in [2.75, 3.05) is 14.2 Å². The monoisotopic (exact) mass is 404 g/mol. The van der Waals surface area contributed by atoms with E-state index in [1.165, 1.54) is 26.0 Å². The van der Waals surface area contributed by atoms with Crippen LogP contribution in [0.2, 0.25) is 0 Å². The highest BCUT2D eigenvalue weighted by atomic mass is 35.5. The number of carbonyl (C=O) groups is 1. The zero-order chi connectivity index (χ0) is 18.7. The molecule has 1 N–H and O–H groups in total. The number of alkyl halides is 2. The molecule has 1 aromatic rings. The molecule has 2 heterocycles. The number of piperidine rings is 1. The predicted octanol–water partition coefficient (Wildman–Crippen LogP) is 3.60. The topological polar surface area (TPSA) is 50.8 Å². The number of methoxy groups -OCH3 is 1. The van der Waals surface area contributed by atoms with E-state index < -0.39 is 6.61 Å². The maximum absolute atomic E-state index is 12.6. The lowest BCUT2D eigenvalue weighted by molar-refractivity contribution is -0.131. The van der Waals surface area contributed by atoms with E-state index in [2.05, 4.69) is 10.1 Å². The van der Waals surface area contributed by atoms with Crippen LogP contribution >= 0.6 is 12.4 Å². The smallest absolute Gasteiger partial charge is 0.387 e. The summed E-state index contributed by atoms with van der Waals surface area (Å²) in [6.07, 6.45) is 5.09. The molecule has 8 heteroatoms. The summed E-state index contributed by atoms with van der Waals surface area (Å²) in [5, 5.41) is 3.58. The van der Waals surface area contributed by atoms with Gasteiger partial charge in [-0.2, -0.15) is 8.78 Å². The first kappa shape index (κ1) is 21.7. The molecule has 2 bridgehead atoms. The second-order valence-electron chi connectivity index (χ2n) is 7.29. The molecule has 0 radical (unpaired) electrons. The van der Waals surface area contributed by atoms with Crippen LogP contribution < -0.4 is 14.8 Å². The van der Waals surface area contributed by atoms with Crippen LogP contribution in [-0.2, 0) is 11.3 Å². The quantitative estimate of drug-likeness (QED) is 0.754. The lowest BCUT2D eigenvalue weighted by Crippen LogP contribution is -2.39. The summed E-state index contributed by atoms with van der Waals surface area (Å²) in [4.78, 5) is 14.2. The maximum Gasteiger partial charge on any atom is 0.387 e. The first-order chi connectivity index (χ1) is 12.4. The molecule has 2 aliphatic rings. The van der Waals surface area contributed by atoms with Gasteiger partial charge in [-0.3, -0.25) is 4.79 Å². The van der Waals surface area contributed by atoms with Gasteiger partial charge < -0.3 is 19.7 Å². The van der Waals surface area contributed by atoms with Crippen LogP contribution in [0.5, 0.6) is 11.5 Å². The fourth-order valence-corrected chi connectivity index (χ4v) is 4.11. The zero-order valence-corrected chi connectivity index (χ0v) is 16.4. The van der Waals surface area contributed by atoms with E-state index in [1.54, 1.807) is 24.1 Å². The number of halogens is 3. The van der Waals surface area contributed by atoms with E-state index in [4.69, 9.17) is 4.74 Å². The number of rotatable bonds is 7. The van der Waals surface area contributed by atoms with E-state index in [0.717, 1.165) is 18.4 Å². The minimum absolute atomic E-state index is 0. The van der Waals surface area contributed by atoms with Crippen LogP contribution in [0, 0.1) is 5.92 Å². The largest absolute Gasteiger partial charge is 0.493 e. The van der Waals surface area contributed by atoms with Gasteiger partial charge in [-0.1, -0.05) is 6.07 Å². The second-order valence-corrected chi connectivity index (χ2v) is 7.29. The third kappa shape index (κ3) is 5.69. The van der Waals surface area contributed by atoms with Gasteiger partial charge in [0.25, 0.3) is 0 Å². The Hall–Kier alpha value is -1.60. The molecule has 27 heavy (non-hydrogen) atoms. The van der Waals surface area contributed by atoms with Crippen LogP contribution in [-0.4, -0.2) is 43.7 Å². The third-order valence-corrected chi connectivity index (χ3v) is 5.32. The molecule has 3 rings (SSSR count). The molecule has 1 aromatic carbocycles. The van der Waals surface area contributed by atoms with Crippen molar-refractivity contribution in [3.63, 3.8) is 0 Å². The highest BCUT2D eigenvalue weighted by Gasteiger charge is 2.34. The van der Waals surface area contributed by atoms with Gasteiger partial charge in [-0.05, 0) is 49.3 Å². The molecule has 2 saturated heterocycles. The standard InChI is InChI=1S/C19H26F2N2O3.ClH/c1-23(18(24)10-13-7-14-4-5-15(8-13)22-14)11-12-3-6-16(25-2)17(9-12)26-19(20)21;/h3,6,9,13-15,19,22H,4-5,7-8,10-11H2,1-2H3;1H. The summed E-state index contributed by atoms with van der Waals surface area (Å²) in [6, 6.07) is 5.96. The fourth-order valence-electron chi connectivity index (χ4n) is 4.11. The highest BCUT2D eigenvalue weighted by molar-refractivity contribution is 5.85. The van der Waals surface area contributed by atoms with Crippen molar-refractivity contribution in [3.8, 4) is 11.5 Å². The van der Waals surface area contributed by atoms with Crippen LogP contribution in [0.25, 0.3) is 0 Å². The fraction of sp³-hybridized carbons (Fsp3) is 0.632. The number of ether oxygens (including phenoxy) is 2. The van der Waals surface area contributed by atoms with Crippen molar-refractivity contribution in [2.45, 2.75) is 57.3 Å². The molecule has 2 fully saturated rings. The summed E-state index contributed by atoms with van der Waals surface area (Å²) in [5.41, 5.74) is 0.725. The number of carbonyl (C=O) groups excluding carboxylic acids is 1. The Bertz CT molecular complexity index is 635. The van der Waals surface area contributed by atoms with E-state index in [1.807, 2.05) is 0 Å². The van der Waals surface area contributed by atoms with Crippen LogP contribution in [0.4, 0.5) is 8.78 Å². The number of fused-ring (bicyclic) bond motifs is 2. The van der Waals surface area contributed by atoms with Crippen LogP contribution in [0.3, 0.4) is 0 Å². The lowest BCUT2D eigenvalue weighted by atomic mass is 9.89. The minimum atomic E-state index is -2.92. The zero-order valence-electron chi connectivity index (χ0n) is 15.6. The molecule has 0 aliphatic carbocycles. The van der Waals surface area contributed by atoms with E-state index in [-0.39, 0.29) is 29.8 Å². The highest BCUT2D eigenvalue weighted by Crippen LogP contribution is 2.33. The third-order valence-electron chi connectivity index (χ3n) is 5.32.